The SMILES string of the molecule is CC(=O)N1CSCC1c1nnc([C@H]2CCO[C@@H]2C(C)(C)C)o1. The van der Waals surface area contributed by atoms with Crippen LogP contribution in [-0.2, 0) is 9.53 Å². The van der Waals surface area contributed by atoms with Crippen molar-refractivity contribution in [1.82, 2.24) is 15.1 Å². The van der Waals surface area contributed by atoms with Crippen LogP contribution in [0.25, 0.3) is 0 Å². The lowest BCUT2D eigenvalue weighted by Gasteiger charge is -2.29. The molecule has 7 heteroatoms. The standard InChI is InChI=1S/C15H23N3O3S/c1-9(19)18-8-22-7-11(18)14-17-16-13(21-14)10-5-6-20-12(10)15(2,3)4/h10-12H,5-8H2,1-4H3/t10-,11?,12-/m0/s1. The third-order valence-corrected chi connectivity index (χ3v) is 5.30. The lowest BCUT2D eigenvalue weighted by molar-refractivity contribution is -0.129. The molecule has 0 radical (unpaired) electrons. The summed E-state index contributed by atoms with van der Waals surface area (Å²) < 4.78 is 11.8. The highest BCUT2D eigenvalue weighted by atomic mass is 32.2. The molecule has 0 spiro atoms. The highest BCUT2D eigenvalue weighted by Crippen LogP contribution is 2.41. The number of amides is 1. The number of nitrogens with zero attached hydrogens (tertiary/aromatic N) is 3. The second-order valence-electron chi connectivity index (χ2n) is 7.04. The topological polar surface area (TPSA) is 68.5 Å². The van der Waals surface area contributed by atoms with Gasteiger partial charge in [-0.15, -0.1) is 22.0 Å². The Balaban J connectivity index is 1.80. The monoisotopic (exact) mass is 325 g/mol. The molecule has 1 amide bonds. The van der Waals surface area contributed by atoms with Crippen LogP contribution in [0.5, 0.6) is 0 Å². The van der Waals surface area contributed by atoms with E-state index in [1.165, 1.54) is 0 Å². The van der Waals surface area contributed by atoms with Crippen molar-refractivity contribution in [2.24, 2.45) is 5.41 Å². The number of hydrogen-bond donors (Lipinski definition) is 0. The number of rotatable bonds is 2. The van der Waals surface area contributed by atoms with Crippen LogP contribution >= 0.6 is 11.8 Å². The van der Waals surface area contributed by atoms with E-state index in [4.69, 9.17) is 9.15 Å². The Labute approximate surface area is 135 Å². The maximum absolute atomic E-state index is 11.7. The third kappa shape index (κ3) is 2.88. The van der Waals surface area contributed by atoms with Crippen molar-refractivity contribution in [3.8, 4) is 0 Å². The van der Waals surface area contributed by atoms with Crippen molar-refractivity contribution < 1.29 is 13.9 Å². The number of thioether (sulfide) groups is 1. The van der Waals surface area contributed by atoms with Gasteiger partial charge in [-0.3, -0.25) is 4.79 Å². The van der Waals surface area contributed by atoms with E-state index in [0.29, 0.717) is 17.7 Å². The molecule has 2 saturated heterocycles. The predicted molar refractivity (Wildman–Crippen MR) is 83.4 cm³/mol. The number of aromatic nitrogens is 2. The van der Waals surface area contributed by atoms with Gasteiger partial charge in [-0.05, 0) is 11.8 Å². The average Bonchev–Trinajstić information content (AvgIpc) is 3.17. The first-order valence-electron chi connectivity index (χ1n) is 7.68. The molecular formula is C15H23N3O3S. The molecule has 22 heavy (non-hydrogen) atoms. The zero-order chi connectivity index (χ0) is 15.9. The van der Waals surface area contributed by atoms with Crippen LogP contribution in [0.2, 0.25) is 0 Å². The molecule has 1 unspecified atom stereocenters. The van der Waals surface area contributed by atoms with Gasteiger partial charge in [-0.25, -0.2) is 0 Å². The van der Waals surface area contributed by atoms with Crippen molar-refractivity contribution in [3.05, 3.63) is 11.8 Å². The van der Waals surface area contributed by atoms with E-state index in [2.05, 4.69) is 31.0 Å². The number of hydrogen-bond acceptors (Lipinski definition) is 6. The Morgan fingerprint density at radius 1 is 1.32 bits per heavy atom. The van der Waals surface area contributed by atoms with Crippen LogP contribution in [0.3, 0.4) is 0 Å². The van der Waals surface area contributed by atoms with E-state index in [1.54, 1.807) is 23.6 Å². The van der Waals surface area contributed by atoms with Crippen LogP contribution in [0.1, 0.15) is 57.9 Å². The highest BCUT2D eigenvalue weighted by Gasteiger charge is 2.42. The summed E-state index contributed by atoms with van der Waals surface area (Å²) in [7, 11) is 0. The van der Waals surface area contributed by atoms with Crippen LogP contribution < -0.4 is 0 Å². The third-order valence-electron chi connectivity index (χ3n) is 4.29. The van der Waals surface area contributed by atoms with Crippen LogP contribution in [0.15, 0.2) is 4.42 Å². The summed E-state index contributed by atoms with van der Waals surface area (Å²) in [5, 5.41) is 8.47. The summed E-state index contributed by atoms with van der Waals surface area (Å²) in [4.78, 5) is 13.5. The summed E-state index contributed by atoms with van der Waals surface area (Å²) in [6.45, 7) is 8.80. The molecule has 3 rings (SSSR count). The first-order valence-corrected chi connectivity index (χ1v) is 8.83. The smallest absolute Gasteiger partial charge is 0.239 e. The molecule has 0 aromatic carbocycles. The maximum atomic E-state index is 11.7. The Bertz CT molecular complexity index is 554. The fourth-order valence-electron chi connectivity index (χ4n) is 3.18. The minimum absolute atomic E-state index is 0.0322. The largest absolute Gasteiger partial charge is 0.423 e. The number of carbonyl (C=O) groups excluding carboxylic acids is 1. The minimum atomic E-state index is -0.0980. The van der Waals surface area contributed by atoms with Gasteiger partial charge in [0.25, 0.3) is 0 Å². The first-order chi connectivity index (χ1) is 10.4. The summed E-state index contributed by atoms with van der Waals surface area (Å²) in [5.41, 5.74) is 0.0322. The van der Waals surface area contributed by atoms with Crippen molar-refractivity contribution in [3.63, 3.8) is 0 Å². The van der Waals surface area contributed by atoms with Gasteiger partial charge < -0.3 is 14.1 Å². The second-order valence-corrected chi connectivity index (χ2v) is 8.04. The lowest BCUT2D eigenvalue weighted by Crippen LogP contribution is -2.30. The molecule has 2 aliphatic rings. The van der Waals surface area contributed by atoms with Crippen molar-refractivity contribution in [2.75, 3.05) is 18.2 Å². The average molecular weight is 325 g/mol. The summed E-state index contributed by atoms with van der Waals surface area (Å²) in [6, 6.07) is -0.0980. The molecule has 1 aromatic heterocycles. The van der Waals surface area contributed by atoms with E-state index >= 15 is 0 Å². The van der Waals surface area contributed by atoms with Gasteiger partial charge in [-0.1, -0.05) is 20.8 Å². The maximum Gasteiger partial charge on any atom is 0.239 e. The molecule has 2 fully saturated rings. The van der Waals surface area contributed by atoms with E-state index in [1.807, 2.05) is 0 Å². The van der Waals surface area contributed by atoms with Crippen molar-refractivity contribution in [2.45, 2.75) is 52.2 Å². The number of carbonyl (C=O) groups is 1. The molecule has 0 aliphatic carbocycles. The lowest BCUT2D eigenvalue weighted by atomic mass is 9.81. The van der Waals surface area contributed by atoms with Gasteiger partial charge in [0.05, 0.1) is 17.9 Å². The van der Waals surface area contributed by atoms with Gasteiger partial charge in [0.1, 0.15) is 6.04 Å². The molecule has 0 bridgehead atoms. The molecule has 3 atom stereocenters. The fraction of sp³-hybridized carbons (Fsp3) is 0.800. The van der Waals surface area contributed by atoms with Crippen molar-refractivity contribution in [1.29, 1.82) is 0 Å². The predicted octanol–water partition coefficient (Wildman–Crippen LogP) is 2.58. The molecule has 122 valence electrons. The van der Waals surface area contributed by atoms with E-state index in [-0.39, 0.29) is 29.4 Å². The number of ether oxygens (including phenoxy) is 1. The molecule has 0 saturated carbocycles. The van der Waals surface area contributed by atoms with Gasteiger partial charge in [-0.2, -0.15) is 0 Å². The van der Waals surface area contributed by atoms with Gasteiger partial charge in [0.15, 0.2) is 0 Å². The fourth-order valence-corrected chi connectivity index (χ4v) is 4.39. The Kier molecular flexibility index (Phi) is 4.20. The minimum Gasteiger partial charge on any atom is -0.423 e. The summed E-state index contributed by atoms with van der Waals surface area (Å²) in [5.74, 6) is 2.88. The zero-order valence-corrected chi connectivity index (χ0v) is 14.4. The van der Waals surface area contributed by atoms with E-state index in [9.17, 15) is 4.79 Å². The van der Waals surface area contributed by atoms with E-state index < -0.39 is 0 Å². The molecule has 1 aromatic rings. The Morgan fingerprint density at radius 2 is 2.05 bits per heavy atom. The molecule has 2 aliphatic heterocycles. The molecule has 6 nitrogen and oxygen atoms in total. The Morgan fingerprint density at radius 3 is 2.73 bits per heavy atom. The van der Waals surface area contributed by atoms with Crippen molar-refractivity contribution >= 4 is 17.7 Å². The van der Waals surface area contributed by atoms with Gasteiger partial charge >= 0.3 is 0 Å². The van der Waals surface area contributed by atoms with Crippen LogP contribution in [0, 0.1) is 5.41 Å². The first kappa shape index (κ1) is 15.8. The second kappa shape index (κ2) is 5.85. The van der Waals surface area contributed by atoms with Crippen LogP contribution in [-0.4, -0.2) is 45.3 Å². The quantitative estimate of drug-likeness (QED) is 0.832. The summed E-state index contributed by atoms with van der Waals surface area (Å²) in [6.07, 6.45) is 0.988. The molecule has 0 N–H and O–H groups in total. The zero-order valence-electron chi connectivity index (χ0n) is 13.5. The highest BCUT2D eigenvalue weighted by molar-refractivity contribution is 7.99. The van der Waals surface area contributed by atoms with E-state index in [0.717, 1.165) is 18.8 Å². The molecular weight excluding hydrogens is 302 g/mol. The van der Waals surface area contributed by atoms with Gasteiger partial charge in [0, 0.05) is 19.3 Å². The summed E-state index contributed by atoms with van der Waals surface area (Å²) >= 11 is 1.71. The normalized spacial score (nSPS) is 29.3. The van der Waals surface area contributed by atoms with Crippen LogP contribution in [0.4, 0.5) is 0 Å². The Hall–Kier alpha value is -1.08. The van der Waals surface area contributed by atoms with Gasteiger partial charge in [0.2, 0.25) is 17.7 Å². The molecule has 3 heterocycles.